The molecule has 2 aromatic rings. The zero-order valence-electron chi connectivity index (χ0n) is 12.0. The molecule has 0 aliphatic carbocycles. The molecule has 2 rings (SSSR count). The molecule has 0 bridgehead atoms. The number of hydrogen-bond acceptors (Lipinski definition) is 3. The lowest BCUT2D eigenvalue weighted by atomic mass is 9.83. The van der Waals surface area contributed by atoms with Crippen molar-refractivity contribution < 1.29 is 4.92 Å². The average molecular weight is 372 g/mol. The van der Waals surface area contributed by atoms with Gasteiger partial charge in [-0.15, -0.1) is 11.6 Å². The Morgan fingerprint density at radius 3 is 2.52 bits per heavy atom. The van der Waals surface area contributed by atoms with Crippen molar-refractivity contribution in [2.75, 3.05) is 0 Å². The highest BCUT2D eigenvalue weighted by Gasteiger charge is 2.31. The summed E-state index contributed by atoms with van der Waals surface area (Å²) in [5, 5.41) is 12.0. The normalized spacial score (nSPS) is 14.4. The van der Waals surface area contributed by atoms with Gasteiger partial charge in [0.25, 0.3) is 5.69 Å². The number of rotatable bonds is 4. The van der Waals surface area contributed by atoms with Gasteiger partial charge in [0.15, 0.2) is 0 Å². The van der Waals surface area contributed by atoms with E-state index in [4.69, 9.17) is 11.6 Å². The van der Waals surface area contributed by atoms with Crippen molar-refractivity contribution >= 4 is 44.1 Å². The summed E-state index contributed by atoms with van der Waals surface area (Å²) >= 11 is 9.76. The third-order valence-electron chi connectivity index (χ3n) is 3.59. The van der Waals surface area contributed by atoms with Crippen molar-refractivity contribution in [3.8, 4) is 0 Å². The van der Waals surface area contributed by atoms with Gasteiger partial charge in [0.2, 0.25) is 0 Å². The first kappa shape index (κ1) is 16.2. The molecule has 0 saturated heterocycles. The van der Waals surface area contributed by atoms with Crippen LogP contribution in [-0.4, -0.2) is 15.3 Å². The van der Waals surface area contributed by atoms with Crippen LogP contribution < -0.4 is 0 Å². The van der Waals surface area contributed by atoms with Crippen molar-refractivity contribution in [3.63, 3.8) is 0 Å². The van der Waals surface area contributed by atoms with E-state index in [2.05, 4.69) is 20.9 Å². The van der Waals surface area contributed by atoms with E-state index in [9.17, 15) is 10.1 Å². The summed E-state index contributed by atoms with van der Waals surface area (Å²) in [5.74, 6) is 0.0626. The Balaban J connectivity index is 2.86. The van der Waals surface area contributed by atoms with E-state index in [1.807, 2.05) is 39.0 Å². The second-order valence-electron chi connectivity index (χ2n) is 5.42. The van der Waals surface area contributed by atoms with Crippen molar-refractivity contribution in [1.29, 1.82) is 0 Å². The number of halogens is 2. The molecule has 0 amide bonds. The zero-order valence-corrected chi connectivity index (χ0v) is 14.4. The molecule has 6 heteroatoms. The standard InChI is InChI=1S/C15H16BrClN2O2/c1-8(2)14(9(3)17)15-11-6-10(16)4-5-12(11)18-7-13(15)19(20)21/h4-9,14H,1-3H3. The molecule has 0 aliphatic heterocycles. The van der Waals surface area contributed by atoms with Crippen LogP contribution in [0.3, 0.4) is 0 Å². The lowest BCUT2D eigenvalue weighted by molar-refractivity contribution is -0.386. The number of aromatic nitrogens is 1. The maximum atomic E-state index is 11.4. The molecule has 2 unspecified atom stereocenters. The number of nitrogens with zero attached hydrogens (tertiary/aromatic N) is 2. The Morgan fingerprint density at radius 2 is 2.00 bits per heavy atom. The van der Waals surface area contributed by atoms with Crippen LogP contribution in [0, 0.1) is 16.0 Å². The molecule has 0 saturated carbocycles. The van der Waals surface area contributed by atoms with Crippen LogP contribution in [0.4, 0.5) is 5.69 Å². The molecule has 0 N–H and O–H groups in total. The quantitative estimate of drug-likeness (QED) is 0.418. The first-order valence-corrected chi connectivity index (χ1v) is 7.92. The average Bonchev–Trinajstić information content (AvgIpc) is 2.38. The van der Waals surface area contributed by atoms with Crippen LogP contribution in [0.25, 0.3) is 10.9 Å². The van der Waals surface area contributed by atoms with Crippen LogP contribution in [-0.2, 0) is 0 Å². The van der Waals surface area contributed by atoms with Gasteiger partial charge in [0.05, 0.1) is 10.4 Å². The predicted octanol–water partition coefficient (Wildman–Crippen LogP) is 5.27. The highest BCUT2D eigenvalue weighted by Crippen LogP contribution is 2.40. The van der Waals surface area contributed by atoms with E-state index in [0.29, 0.717) is 5.56 Å². The van der Waals surface area contributed by atoms with Gasteiger partial charge in [-0.25, -0.2) is 4.98 Å². The molecule has 112 valence electrons. The number of hydrogen-bond donors (Lipinski definition) is 0. The van der Waals surface area contributed by atoms with Crippen LogP contribution in [0.1, 0.15) is 32.3 Å². The van der Waals surface area contributed by atoms with Crippen LogP contribution in [0.15, 0.2) is 28.9 Å². The fourth-order valence-corrected chi connectivity index (χ4v) is 3.54. The van der Waals surface area contributed by atoms with E-state index < -0.39 is 0 Å². The fourth-order valence-electron chi connectivity index (χ4n) is 2.76. The number of benzene rings is 1. The van der Waals surface area contributed by atoms with Gasteiger partial charge in [0, 0.05) is 26.7 Å². The molecule has 21 heavy (non-hydrogen) atoms. The summed E-state index contributed by atoms with van der Waals surface area (Å²) < 4.78 is 0.864. The molecule has 1 aromatic carbocycles. The number of nitro groups is 1. The van der Waals surface area contributed by atoms with Gasteiger partial charge in [-0.2, -0.15) is 0 Å². The van der Waals surface area contributed by atoms with Gasteiger partial charge < -0.3 is 0 Å². The summed E-state index contributed by atoms with van der Waals surface area (Å²) in [4.78, 5) is 15.2. The van der Waals surface area contributed by atoms with E-state index in [1.54, 1.807) is 0 Å². The van der Waals surface area contributed by atoms with Crippen LogP contribution in [0.2, 0.25) is 0 Å². The molecule has 2 atom stereocenters. The second-order valence-corrected chi connectivity index (χ2v) is 7.03. The van der Waals surface area contributed by atoms with Gasteiger partial charge in [-0.05, 0) is 31.0 Å². The minimum atomic E-state index is -0.378. The third kappa shape index (κ3) is 3.19. The summed E-state index contributed by atoms with van der Waals surface area (Å²) in [6, 6.07) is 5.60. The van der Waals surface area contributed by atoms with Gasteiger partial charge in [0.1, 0.15) is 6.20 Å². The Bertz CT molecular complexity index is 681. The number of alkyl halides is 1. The van der Waals surface area contributed by atoms with E-state index in [1.165, 1.54) is 6.20 Å². The molecule has 0 aliphatic rings. The Kier molecular flexibility index (Phi) is 4.84. The van der Waals surface area contributed by atoms with Crippen molar-refractivity contribution in [2.45, 2.75) is 32.1 Å². The largest absolute Gasteiger partial charge is 0.291 e. The minimum absolute atomic E-state index is 0.0341. The molecule has 0 radical (unpaired) electrons. The SMILES string of the molecule is CC(C)C(c1c([N+](=O)[O-])cnc2ccc(Br)cc12)C(C)Cl. The predicted molar refractivity (Wildman–Crippen MR) is 89.0 cm³/mol. The van der Waals surface area contributed by atoms with Gasteiger partial charge >= 0.3 is 0 Å². The first-order chi connectivity index (χ1) is 9.82. The van der Waals surface area contributed by atoms with Crippen molar-refractivity contribution in [1.82, 2.24) is 4.98 Å². The molecular formula is C15H16BrClN2O2. The summed E-state index contributed by atoms with van der Waals surface area (Å²) in [5.41, 5.74) is 1.44. The molecule has 1 heterocycles. The smallest absolute Gasteiger partial charge is 0.258 e. The summed E-state index contributed by atoms with van der Waals surface area (Å²) in [6.07, 6.45) is 1.33. The van der Waals surface area contributed by atoms with Gasteiger partial charge in [-0.1, -0.05) is 29.8 Å². The third-order valence-corrected chi connectivity index (χ3v) is 4.36. The Labute approximate surface area is 136 Å². The monoisotopic (exact) mass is 370 g/mol. The molecule has 4 nitrogen and oxygen atoms in total. The summed E-state index contributed by atoms with van der Waals surface area (Å²) in [7, 11) is 0. The highest BCUT2D eigenvalue weighted by atomic mass is 79.9. The maximum absolute atomic E-state index is 11.4. The lowest BCUT2D eigenvalue weighted by Gasteiger charge is -2.24. The highest BCUT2D eigenvalue weighted by molar-refractivity contribution is 9.10. The minimum Gasteiger partial charge on any atom is -0.258 e. The fraction of sp³-hybridized carbons (Fsp3) is 0.400. The zero-order chi connectivity index (χ0) is 15.7. The van der Waals surface area contributed by atoms with E-state index >= 15 is 0 Å². The first-order valence-electron chi connectivity index (χ1n) is 6.69. The molecular weight excluding hydrogens is 356 g/mol. The summed E-state index contributed by atoms with van der Waals surface area (Å²) in [6.45, 7) is 5.93. The van der Waals surface area contributed by atoms with E-state index in [0.717, 1.165) is 15.4 Å². The molecule has 1 aromatic heterocycles. The van der Waals surface area contributed by atoms with Crippen LogP contribution in [0.5, 0.6) is 0 Å². The van der Waals surface area contributed by atoms with Crippen molar-refractivity contribution in [2.24, 2.45) is 5.92 Å². The topological polar surface area (TPSA) is 56.0 Å². The Hall–Kier alpha value is -1.20. The Morgan fingerprint density at radius 1 is 1.33 bits per heavy atom. The molecule has 0 fully saturated rings. The lowest BCUT2D eigenvalue weighted by Crippen LogP contribution is -2.18. The molecule has 0 spiro atoms. The number of fused-ring (bicyclic) bond motifs is 1. The number of pyridine rings is 1. The maximum Gasteiger partial charge on any atom is 0.291 e. The second kappa shape index (κ2) is 6.28. The van der Waals surface area contributed by atoms with Gasteiger partial charge in [-0.3, -0.25) is 10.1 Å². The van der Waals surface area contributed by atoms with Crippen LogP contribution >= 0.6 is 27.5 Å². The van der Waals surface area contributed by atoms with Crippen molar-refractivity contribution in [3.05, 3.63) is 44.5 Å². The van der Waals surface area contributed by atoms with E-state index in [-0.39, 0.29) is 27.8 Å².